The summed E-state index contributed by atoms with van der Waals surface area (Å²) in [6.07, 6.45) is 5.17. The minimum atomic E-state index is -3.32. The summed E-state index contributed by atoms with van der Waals surface area (Å²) in [7, 11) is -3.32. The zero-order chi connectivity index (χ0) is 20.7. The van der Waals surface area contributed by atoms with Crippen molar-refractivity contribution in [3.05, 3.63) is 30.3 Å². The van der Waals surface area contributed by atoms with Gasteiger partial charge in [-0.3, -0.25) is 4.90 Å². The van der Waals surface area contributed by atoms with Crippen LogP contribution in [0.5, 0.6) is 0 Å². The van der Waals surface area contributed by atoms with Crippen LogP contribution in [-0.2, 0) is 19.6 Å². The molecule has 1 saturated heterocycles. The van der Waals surface area contributed by atoms with Crippen molar-refractivity contribution in [2.45, 2.75) is 43.5 Å². The van der Waals surface area contributed by atoms with Gasteiger partial charge in [0, 0.05) is 32.2 Å². The molecule has 0 spiro atoms. The van der Waals surface area contributed by atoms with Crippen LogP contribution in [0.3, 0.4) is 0 Å². The summed E-state index contributed by atoms with van der Waals surface area (Å²) in [6.45, 7) is 5.30. The van der Waals surface area contributed by atoms with Gasteiger partial charge in [-0.05, 0) is 43.7 Å². The van der Waals surface area contributed by atoms with E-state index in [0.29, 0.717) is 24.0 Å². The van der Waals surface area contributed by atoms with Crippen LogP contribution in [-0.4, -0.2) is 72.0 Å². The van der Waals surface area contributed by atoms with Gasteiger partial charge in [0.25, 0.3) is 0 Å². The van der Waals surface area contributed by atoms with Crippen molar-refractivity contribution in [2.75, 3.05) is 26.2 Å². The Labute approximate surface area is 165 Å². The third-order valence-electron chi connectivity index (χ3n) is 5.34. The van der Waals surface area contributed by atoms with Crippen LogP contribution in [0.15, 0.2) is 35.2 Å². The molecule has 1 aromatic carbocycles. The van der Waals surface area contributed by atoms with Crippen LogP contribution in [0.1, 0.15) is 32.6 Å². The van der Waals surface area contributed by atoms with E-state index < -0.39 is 22.0 Å². The number of aliphatic carboxylic acids is 2. The topological polar surface area (TPSA) is 115 Å². The van der Waals surface area contributed by atoms with E-state index in [9.17, 15) is 8.42 Å². The first-order valence-corrected chi connectivity index (χ1v) is 10.9. The van der Waals surface area contributed by atoms with Crippen LogP contribution in [0.25, 0.3) is 0 Å². The maximum absolute atomic E-state index is 12.6. The zero-order valence-electron chi connectivity index (χ0n) is 16.0. The van der Waals surface area contributed by atoms with Crippen LogP contribution >= 0.6 is 0 Å². The summed E-state index contributed by atoms with van der Waals surface area (Å²) in [5, 5.41) is 14.8. The van der Waals surface area contributed by atoms with Crippen LogP contribution in [0.2, 0.25) is 0 Å². The van der Waals surface area contributed by atoms with Crippen molar-refractivity contribution in [3.63, 3.8) is 0 Å². The molecule has 2 fully saturated rings. The van der Waals surface area contributed by atoms with Gasteiger partial charge in [0.15, 0.2) is 0 Å². The molecule has 2 N–H and O–H groups in total. The third kappa shape index (κ3) is 6.02. The molecule has 1 aliphatic heterocycles. The normalized spacial score (nSPS) is 24.0. The first-order valence-electron chi connectivity index (χ1n) is 9.47. The second-order valence-electron chi connectivity index (χ2n) is 7.28. The lowest BCUT2D eigenvalue weighted by Gasteiger charge is -2.41. The molecule has 3 rings (SSSR count). The molecule has 9 heteroatoms. The van der Waals surface area contributed by atoms with Gasteiger partial charge in [0.05, 0.1) is 4.90 Å². The molecule has 2 aliphatic rings. The first kappa shape index (κ1) is 22.3. The molecule has 0 atom stereocenters. The smallest absolute Gasteiger partial charge is 0.414 e. The molecular weight excluding hydrogens is 384 g/mol. The highest BCUT2D eigenvalue weighted by Gasteiger charge is 2.31. The highest BCUT2D eigenvalue weighted by molar-refractivity contribution is 7.89. The number of sulfonamides is 1. The number of carbonyl (C=O) groups is 2. The highest BCUT2D eigenvalue weighted by atomic mass is 32.2. The molecule has 1 heterocycles. The van der Waals surface area contributed by atoms with Crippen molar-refractivity contribution in [1.82, 2.24) is 9.21 Å². The Morgan fingerprint density at radius 3 is 1.86 bits per heavy atom. The zero-order valence-corrected chi connectivity index (χ0v) is 16.8. The van der Waals surface area contributed by atoms with Crippen LogP contribution in [0, 0.1) is 5.92 Å². The molecule has 0 aromatic heterocycles. The molecule has 28 heavy (non-hydrogen) atoms. The minimum absolute atomic E-state index is 0.412. The first-order chi connectivity index (χ1) is 13.2. The van der Waals surface area contributed by atoms with Crippen LogP contribution < -0.4 is 0 Å². The van der Waals surface area contributed by atoms with E-state index in [0.717, 1.165) is 19.0 Å². The molecule has 0 radical (unpaired) electrons. The standard InChI is InChI=1S/C17H26N2O2S.C2H2O4/c1-15-7-9-16(10-8-15)18-11-13-19(14-12-18)22(20,21)17-5-3-2-4-6-17;3-1(4)2(5)6/h2-6,15-16H,7-14H2,1H3;(H,3,4)(H,5,6). The average Bonchev–Trinajstić information content (AvgIpc) is 2.70. The van der Waals surface area contributed by atoms with E-state index in [4.69, 9.17) is 19.8 Å². The highest BCUT2D eigenvalue weighted by Crippen LogP contribution is 2.28. The van der Waals surface area contributed by atoms with E-state index >= 15 is 0 Å². The minimum Gasteiger partial charge on any atom is -0.473 e. The van der Waals surface area contributed by atoms with Crippen molar-refractivity contribution in [2.24, 2.45) is 5.92 Å². The van der Waals surface area contributed by atoms with Gasteiger partial charge in [0.1, 0.15) is 0 Å². The molecule has 0 unspecified atom stereocenters. The maximum atomic E-state index is 12.6. The van der Waals surface area contributed by atoms with E-state index in [2.05, 4.69) is 11.8 Å². The fraction of sp³-hybridized carbons (Fsp3) is 0.579. The van der Waals surface area contributed by atoms with Gasteiger partial charge in [-0.25, -0.2) is 18.0 Å². The lowest BCUT2D eigenvalue weighted by molar-refractivity contribution is -0.159. The van der Waals surface area contributed by atoms with Gasteiger partial charge in [-0.1, -0.05) is 25.1 Å². The molecule has 1 aromatic rings. The number of rotatable bonds is 3. The molecule has 0 bridgehead atoms. The van der Waals surface area contributed by atoms with Gasteiger partial charge in [-0.15, -0.1) is 0 Å². The fourth-order valence-corrected chi connectivity index (χ4v) is 5.10. The Morgan fingerprint density at radius 1 is 0.893 bits per heavy atom. The molecule has 1 aliphatic carbocycles. The Kier molecular flexibility index (Phi) is 7.97. The van der Waals surface area contributed by atoms with Crippen molar-refractivity contribution in [1.29, 1.82) is 0 Å². The average molecular weight is 413 g/mol. The van der Waals surface area contributed by atoms with E-state index in [1.54, 1.807) is 28.6 Å². The summed E-state index contributed by atoms with van der Waals surface area (Å²) in [6, 6.07) is 9.45. The van der Waals surface area contributed by atoms with Crippen molar-refractivity contribution >= 4 is 22.0 Å². The van der Waals surface area contributed by atoms with Gasteiger partial charge in [0.2, 0.25) is 10.0 Å². The quantitative estimate of drug-likeness (QED) is 0.727. The van der Waals surface area contributed by atoms with Gasteiger partial charge >= 0.3 is 11.9 Å². The Hall–Kier alpha value is -1.97. The lowest BCUT2D eigenvalue weighted by Crippen LogP contribution is -2.52. The fourth-order valence-electron chi connectivity index (χ4n) is 3.66. The number of carboxylic acids is 2. The molecule has 156 valence electrons. The molecular formula is C19H28N2O6S. The van der Waals surface area contributed by atoms with Gasteiger partial charge in [-0.2, -0.15) is 4.31 Å². The molecule has 8 nitrogen and oxygen atoms in total. The second kappa shape index (κ2) is 9.99. The third-order valence-corrected chi connectivity index (χ3v) is 7.25. The number of hydrogen-bond donors (Lipinski definition) is 2. The van der Waals surface area contributed by atoms with Crippen molar-refractivity contribution < 1.29 is 28.2 Å². The Bertz CT molecular complexity index is 740. The molecule has 1 saturated carbocycles. The number of nitrogens with zero attached hydrogens (tertiary/aromatic N) is 2. The summed E-state index contributed by atoms with van der Waals surface area (Å²) in [5.74, 6) is -2.79. The Morgan fingerprint density at radius 2 is 1.39 bits per heavy atom. The number of hydrogen-bond acceptors (Lipinski definition) is 5. The lowest BCUT2D eigenvalue weighted by atomic mass is 9.86. The van der Waals surface area contributed by atoms with Gasteiger partial charge < -0.3 is 10.2 Å². The van der Waals surface area contributed by atoms with E-state index in [1.165, 1.54) is 25.7 Å². The second-order valence-corrected chi connectivity index (χ2v) is 9.22. The monoisotopic (exact) mass is 412 g/mol. The summed E-state index contributed by atoms with van der Waals surface area (Å²) < 4.78 is 26.9. The SMILES string of the molecule is CC1CCC(N2CCN(S(=O)(=O)c3ccccc3)CC2)CC1.O=C(O)C(=O)O. The summed E-state index contributed by atoms with van der Waals surface area (Å²) in [5.41, 5.74) is 0. The predicted molar refractivity (Wildman–Crippen MR) is 103 cm³/mol. The number of carboxylic acid groups (broad SMARTS) is 2. The molecule has 0 amide bonds. The van der Waals surface area contributed by atoms with E-state index in [1.807, 2.05) is 6.07 Å². The number of benzene rings is 1. The van der Waals surface area contributed by atoms with Crippen molar-refractivity contribution in [3.8, 4) is 0 Å². The number of piperazine rings is 1. The summed E-state index contributed by atoms with van der Waals surface area (Å²) >= 11 is 0. The van der Waals surface area contributed by atoms with E-state index in [-0.39, 0.29) is 0 Å². The maximum Gasteiger partial charge on any atom is 0.414 e. The predicted octanol–water partition coefficient (Wildman–Crippen LogP) is 1.73. The Balaban J connectivity index is 0.000000409. The summed E-state index contributed by atoms with van der Waals surface area (Å²) in [4.78, 5) is 21.1. The largest absolute Gasteiger partial charge is 0.473 e. The van der Waals surface area contributed by atoms with Crippen LogP contribution in [0.4, 0.5) is 0 Å².